The normalized spacial score (nSPS) is 18.4. The molecule has 0 saturated carbocycles. The van der Waals surface area contributed by atoms with Gasteiger partial charge in [0.05, 0.1) is 29.8 Å². The second-order valence-corrected chi connectivity index (χ2v) is 8.28. The summed E-state index contributed by atoms with van der Waals surface area (Å²) in [7, 11) is 0. The van der Waals surface area contributed by atoms with E-state index in [0.717, 1.165) is 24.6 Å². The maximum absolute atomic E-state index is 15.0. The molecule has 3 aromatic rings. The zero-order valence-electron chi connectivity index (χ0n) is 18.1. The summed E-state index contributed by atoms with van der Waals surface area (Å²) in [5, 5.41) is 8.97. The number of halogens is 3. The van der Waals surface area contributed by atoms with Gasteiger partial charge in [-0.2, -0.15) is 0 Å². The van der Waals surface area contributed by atoms with Crippen LogP contribution in [0.3, 0.4) is 0 Å². The minimum Gasteiger partial charge on any atom is -0.473 e. The fraction of sp³-hybridized carbons (Fsp3) is 0.333. The molecular formula is C24H22F3N3O4. The highest BCUT2D eigenvalue weighted by molar-refractivity contribution is 5.82. The Morgan fingerprint density at radius 1 is 1.21 bits per heavy atom. The summed E-state index contributed by atoms with van der Waals surface area (Å²) in [6, 6.07) is 4.99. The fourth-order valence-corrected chi connectivity index (χ4v) is 4.27. The summed E-state index contributed by atoms with van der Waals surface area (Å²) in [6.07, 6.45) is 2.67. The standard InChI is InChI=1S/C24H22F3N3O4/c25-16-7-14(13-1-4-30(5-2-13)22(32)11-31)8-17(26)23(16)24-18(27)9-19-20(29-24)10-21(28-19)34-15-3-6-33-12-15/h1,7-10,15,28,31H,2-6,11-12H2/t15-/m0/s1. The molecule has 10 heteroatoms. The lowest BCUT2D eigenvalue weighted by atomic mass is 9.96. The Hall–Kier alpha value is -3.37. The van der Waals surface area contributed by atoms with Crippen LogP contribution in [0.5, 0.6) is 5.88 Å². The molecule has 0 radical (unpaired) electrons. The number of carbonyl (C=O) groups excluding carboxylic acids is 1. The van der Waals surface area contributed by atoms with Gasteiger partial charge in [0.1, 0.15) is 30.0 Å². The van der Waals surface area contributed by atoms with E-state index in [0.29, 0.717) is 54.2 Å². The smallest absolute Gasteiger partial charge is 0.248 e. The van der Waals surface area contributed by atoms with Gasteiger partial charge in [-0.3, -0.25) is 4.79 Å². The molecule has 2 N–H and O–H groups in total. The number of fused-ring (bicyclic) bond motifs is 1. The number of benzene rings is 1. The predicted molar refractivity (Wildman–Crippen MR) is 118 cm³/mol. The monoisotopic (exact) mass is 473 g/mol. The van der Waals surface area contributed by atoms with Crippen LogP contribution in [0.2, 0.25) is 0 Å². The molecule has 0 aliphatic carbocycles. The van der Waals surface area contributed by atoms with Crippen molar-refractivity contribution >= 4 is 22.5 Å². The first kappa shape index (κ1) is 22.4. The molecule has 2 aliphatic rings. The summed E-state index contributed by atoms with van der Waals surface area (Å²) in [6.45, 7) is 1.03. The van der Waals surface area contributed by atoms with E-state index in [1.165, 1.54) is 4.90 Å². The third kappa shape index (κ3) is 4.26. The van der Waals surface area contributed by atoms with Crippen molar-refractivity contribution in [2.45, 2.75) is 18.9 Å². The SMILES string of the molecule is O=C(CO)N1CC=C(c2cc(F)c(-c3nc4cc(O[C@H]5CCOC5)[nH]c4cc3F)c(F)c2)CC1. The van der Waals surface area contributed by atoms with Crippen molar-refractivity contribution < 1.29 is 32.5 Å². The number of amides is 1. The lowest BCUT2D eigenvalue weighted by Crippen LogP contribution is -2.36. The molecule has 0 bridgehead atoms. The van der Waals surface area contributed by atoms with Crippen molar-refractivity contribution in [2.24, 2.45) is 0 Å². The average molecular weight is 473 g/mol. The van der Waals surface area contributed by atoms with Crippen molar-refractivity contribution in [3.63, 3.8) is 0 Å². The first-order valence-corrected chi connectivity index (χ1v) is 10.9. The summed E-state index contributed by atoms with van der Waals surface area (Å²) in [4.78, 5) is 20.1. The number of H-pyrrole nitrogens is 1. The number of aromatic amines is 1. The van der Waals surface area contributed by atoms with Crippen LogP contribution in [0.25, 0.3) is 27.9 Å². The number of rotatable bonds is 5. The Morgan fingerprint density at radius 2 is 2.00 bits per heavy atom. The van der Waals surface area contributed by atoms with E-state index in [1.807, 2.05) is 0 Å². The van der Waals surface area contributed by atoms with E-state index in [4.69, 9.17) is 14.6 Å². The van der Waals surface area contributed by atoms with Crippen LogP contribution in [-0.2, 0) is 9.53 Å². The molecule has 1 atom stereocenters. The van der Waals surface area contributed by atoms with Crippen molar-refractivity contribution in [3.05, 3.63) is 53.4 Å². The minimum absolute atomic E-state index is 0.122. The number of carbonyl (C=O) groups is 1. The van der Waals surface area contributed by atoms with E-state index >= 15 is 8.78 Å². The second kappa shape index (κ2) is 9.11. The van der Waals surface area contributed by atoms with Gasteiger partial charge < -0.3 is 24.5 Å². The van der Waals surface area contributed by atoms with Crippen molar-refractivity contribution in [1.82, 2.24) is 14.9 Å². The Labute approximate surface area is 192 Å². The molecule has 178 valence electrons. The number of aromatic nitrogens is 2. The number of hydrogen-bond donors (Lipinski definition) is 2. The molecule has 0 spiro atoms. The molecule has 0 unspecified atom stereocenters. The summed E-state index contributed by atoms with van der Waals surface area (Å²) in [5.41, 5.74) is 0.662. The highest BCUT2D eigenvalue weighted by Crippen LogP contribution is 2.33. The van der Waals surface area contributed by atoms with Crippen molar-refractivity contribution in [1.29, 1.82) is 0 Å². The summed E-state index contributed by atoms with van der Waals surface area (Å²) in [5.74, 6) is -2.78. The lowest BCUT2D eigenvalue weighted by molar-refractivity contribution is -0.133. The Balaban J connectivity index is 1.44. The van der Waals surface area contributed by atoms with Gasteiger partial charge in [0.15, 0.2) is 11.7 Å². The first-order chi connectivity index (χ1) is 16.4. The van der Waals surface area contributed by atoms with E-state index in [9.17, 15) is 9.18 Å². The van der Waals surface area contributed by atoms with Crippen LogP contribution in [0.15, 0.2) is 30.3 Å². The highest BCUT2D eigenvalue weighted by atomic mass is 19.1. The van der Waals surface area contributed by atoms with Gasteiger partial charge in [-0.1, -0.05) is 6.08 Å². The number of aliphatic hydroxyl groups excluding tert-OH is 1. The molecule has 2 aromatic heterocycles. The van der Waals surface area contributed by atoms with Crippen LogP contribution in [0.4, 0.5) is 13.2 Å². The molecule has 1 aromatic carbocycles. The molecular weight excluding hydrogens is 451 g/mol. The largest absolute Gasteiger partial charge is 0.473 e. The van der Waals surface area contributed by atoms with Crippen molar-refractivity contribution in [3.8, 4) is 17.1 Å². The van der Waals surface area contributed by atoms with Gasteiger partial charge in [0, 0.05) is 31.6 Å². The second-order valence-electron chi connectivity index (χ2n) is 8.28. The molecule has 2 aliphatic heterocycles. The van der Waals surface area contributed by atoms with Gasteiger partial charge in [0.25, 0.3) is 0 Å². The quantitative estimate of drug-likeness (QED) is 0.593. The van der Waals surface area contributed by atoms with Crippen LogP contribution < -0.4 is 4.74 Å². The number of nitrogens with zero attached hydrogens (tertiary/aromatic N) is 2. The van der Waals surface area contributed by atoms with E-state index in [1.54, 1.807) is 12.1 Å². The highest BCUT2D eigenvalue weighted by Gasteiger charge is 2.23. The predicted octanol–water partition coefficient (Wildman–Crippen LogP) is 3.42. The molecule has 4 heterocycles. The third-order valence-corrected chi connectivity index (χ3v) is 6.06. The van der Waals surface area contributed by atoms with Crippen LogP contribution in [0, 0.1) is 17.5 Å². The van der Waals surface area contributed by atoms with E-state index in [2.05, 4.69) is 9.97 Å². The zero-order valence-corrected chi connectivity index (χ0v) is 18.1. The van der Waals surface area contributed by atoms with Crippen LogP contribution >= 0.6 is 0 Å². The number of pyridine rings is 1. The molecule has 5 rings (SSSR count). The minimum atomic E-state index is -0.939. The Bertz CT molecular complexity index is 1260. The van der Waals surface area contributed by atoms with E-state index < -0.39 is 41.2 Å². The fourth-order valence-electron chi connectivity index (χ4n) is 4.27. The molecule has 34 heavy (non-hydrogen) atoms. The number of aliphatic hydroxyl groups is 1. The molecule has 1 amide bonds. The van der Waals surface area contributed by atoms with Gasteiger partial charge in [-0.05, 0) is 29.7 Å². The van der Waals surface area contributed by atoms with Gasteiger partial charge in [0.2, 0.25) is 5.91 Å². The van der Waals surface area contributed by atoms with Gasteiger partial charge in [-0.15, -0.1) is 0 Å². The third-order valence-electron chi connectivity index (χ3n) is 6.06. The average Bonchev–Trinajstić information content (AvgIpc) is 3.47. The van der Waals surface area contributed by atoms with Gasteiger partial charge in [-0.25, -0.2) is 18.2 Å². The van der Waals surface area contributed by atoms with E-state index in [-0.39, 0.29) is 12.6 Å². The van der Waals surface area contributed by atoms with Crippen molar-refractivity contribution in [2.75, 3.05) is 32.9 Å². The number of ether oxygens (including phenoxy) is 2. The maximum atomic E-state index is 15.0. The van der Waals surface area contributed by atoms with Crippen LogP contribution in [-0.4, -0.2) is 64.9 Å². The molecule has 1 saturated heterocycles. The summed E-state index contributed by atoms with van der Waals surface area (Å²) < 4.78 is 56.0. The lowest BCUT2D eigenvalue weighted by Gasteiger charge is -2.26. The zero-order chi connectivity index (χ0) is 23.8. The first-order valence-electron chi connectivity index (χ1n) is 10.9. The summed E-state index contributed by atoms with van der Waals surface area (Å²) >= 11 is 0. The number of nitrogens with one attached hydrogen (secondary N) is 1. The van der Waals surface area contributed by atoms with Crippen LogP contribution in [0.1, 0.15) is 18.4 Å². The molecule has 1 fully saturated rings. The molecule has 7 nitrogen and oxygen atoms in total. The number of hydrogen-bond acceptors (Lipinski definition) is 5. The Morgan fingerprint density at radius 3 is 2.65 bits per heavy atom. The Kier molecular flexibility index (Phi) is 6.01. The topological polar surface area (TPSA) is 87.7 Å². The van der Waals surface area contributed by atoms with Gasteiger partial charge >= 0.3 is 0 Å². The maximum Gasteiger partial charge on any atom is 0.248 e.